The minimum Gasteiger partial charge on any atom is -0.491 e. The molecular weight excluding hydrogens is 557 g/mol. The fourth-order valence-electron chi connectivity index (χ4n) is 5.60. The highest BCUT2D eigenvalue weighted by Gasteiger charge is 2.40. The lowest BCUT2D eigenvalue weighted by Gasteiger charge is -2.43. The summed E-state index contributed by atoms with van der Waals surface area (Å²) < 4.78 is 53.1. The topological polar surface area (TPSA) is 93.2 Å². The van der Waals surface area contributed by atoms with Crippen molar-refractivity contribution in [3.8, 4) is 5.75 Å². The maximum Gasteiger partial charge on any atom is 0.329 e. The van der Waals surface area contributed by atoms with Gasteiger partial charge in [0, 0.05) is 40.8 Å². The first kappa shape index (κ1) is 32.9. The second-order valence-corrected chi connectivity index (χ2v) is 11.8. The van der Waals surface area contributed by atoms with Gasteiger partial charge in [0.05, 0.1) is 38.1 Å². The Morgan fingerprint density at radius 3 is 2.47 bits per heavy atom. The van der Waals surface area contributed by atoms with Crippen LogP contribution in [0.2, 0.25) is 0 Å². The van der Waals surface area contributed by atoms with Crippen LogP contribution in [0.25, 0.3) is 10.9 Å². The van der Waals surface area contributed by atoms with Gasteiger partial charge in [-0.2, -0.15) is 0 Å². The van der Waals surface area contributed by atoms with E-state index in [9.17, 15) is 4.79 Å². The number of hydrogen-bond acceptors (Lipinski definition) is 6. The molecule has 8 nitrogen and oxygen atoms in total. The number of carbonyl (C=O) groups is 1. The molecule has 4 rings (SSSR count). The molecule has 4 atom stereocenters. The van der Waals surface area contributed by atoms with Crippen molar-refractivity contribution in [1.29, 1.82) is 0 Å². The van der Waals surface area contributed by atoms with Gasteiger partial charge in [-0.1, -0.05) is 23.7 Å². The molecule has 0 fully saturated rings. The average Bonchev–Trinajstić information content (AvgIpc) is 3.29. The number of nitrogens with zero attached hydrogens (tertiary/aromatic N) is 1. The van der Waals surface area contributed by atoms with Gasteiger partial charge in [0.25, 0.3) is 0 Å². The normalized spacial score (nSPS) is 18.9. The van der Waals surface area contributed by atoms with E-state index >= 15 is 8.78 Å². The van der Waals surface area contributed by atoms with Crippen molar-refractivity contribution in [2.24, 2.45) is 0 Å². The highest BCUT2D eigenvalue weighted by molar-refractivity contribution is 6.33. The fraction of sp³-hybridized carbons (Fsp3) is 0.531. The van der Waals surface area contributed by atoms with Crippen molar-refractivity contribution in [3.63, 3.8) is 0 Å². The van der Waals surface area contributed by atoms with E-state index in [0.717, 1.165) is 22.2 Å². The first-order chi connectivity index (χ1) is 20.4. The molecule has 0 spiro atoms. The molecule has 2 radical (unpaired) electrons. The number of benzene rings is 2. The van der Waals surface area contributed by atoms with Gasteiger partial charge >= 0.3 is 5.97 Å². The van der Waals surface area contributed by atoms with Crippen molar-refractivity contribution in [3.05, 3.63) is 59.0 Å². The number of rotatable bonds is 15. The van der Waals surface area contributed by atoms with Crippen LogP contribution in [0.1, 0.15) is 57.5 Å². The summed E-state index contributed by atoms with van der Waals surface area (Å²) in [5.41, 5.74) is 1.89. The Bertz CT molecular complexity index is 1370. The molecule has 2 aromatic carbocycles. The van der Waals surface area contributed by atoms with Crippen LogP contribution in [0.5, 0.6) is 5.75 Å². The molecule has 0 aliphatic carbocycles. The lowest BCUT2D eigenvalue weighted by atomic mass is 9.80. The number of aliphatic carboxylic acids is 1. The van der Waals surface area contributed by atoms with Gasteiger partial charge in [0.1, 0.15) is 38.3 Å². The number of halogens is 2. The maximum atomic E-state index is 16.0. The van der Waals surface area contributed by atoms with Gasteiger partial charge in [-0.25, -0.2) is 13.6 Å². The quantitative estimate of drug-likeness (QED) is 0.197. The van der Waals surface area contributed by atoms with Crippen LogP contribution in [-0.2, 0) is 25.4 Å². The molecular formula is C32H41BF2N2O6. The fourth-order valence-corrected chi connectivity index (χ4v) is 5.60. The van der Waals surface area contributed by atoms with E-state index in [-0.39, 0.29) is 69.0 Å². The summed E-state index contributed by atoms with van der Waals surface area (Å²) in [7, 11) is 6.51. The molecule has 11 heteroatoms. The Morgan fingerprint density at radius 1 is 1.14 bits per heavy atom. The second kappa shape index (κ2) is 14.2. The van der Waals surface area contributed by atoms with E-state index in [0.29, 0.717) is 12.0 Å². The third-order valence-electron chi connectivity index (χ3n) is 7.71. The number of nitrogens with one attached hydrogen (secondary N) is 1. The number of aromatic nitrogens is 1. The predicted molar refractivity (Wildman–Crippen MR) is 162 cm³/mol. The van der Waals surface area contributed by atoms with Crippen LogP contribution in [0.15, 0.2) is 36.4 Å². The van der Waals surface area contributed by atoms with Crippen LogP contribution in [0.3, 0.4) is 0 Å². The van der Waals surface area contributed by atoms with Crippen LogP contribution >= 0.6 is 0 Å². The van der Waals surface area contributed by atoms with E-state index < -0.39 is 23.5 Å². The zero-order valence-electron chi connectivity index (χ0n) is 25.5. The minimum atomic E-state index is -1.50. The monoisotopic (exact) mass is 598 g/mol. The summed E-state index contributed by atoms with van der Waals surface area (Å²) in [6.45, 7) is 9.32. The number of hydrogen-bond donors (Lipinski definition) is 2. The largest absolute Gasteiger partial charge is 0.491 e. The van der Waals surface area contributed by atoms with E-state index in [1.807, 2.05) is 49.9 Å². The van der Waals surface area contributed by atoms with Crippen LogP contribution < -0.4 is 10.2 Å². The number of carboxylic acids is 1. The van der Waals surface area contributed by atoms with Crippen molar-refractivity contribution in [2.75, 3.05) is 39.6 Å². The standard InChI is InChI=1S/C32H41BF2N2O6/c1-19-14-24-23-8-6-7-9-27(23)36-30(24)31(37(19)18-32(4,5)35)29-25(33)15-22(16-26(29)34)43-13-12-42-21(3)20(2)41-11-10-40-17-28(38)39/h6-9,15-16,19-21,31,36H,10-14,17-18H2,1-5H3,(H,38,39)/t19-,20?,21?,31?/m1/s1. The first-order valence-electron chi connectivity index (χ1n) is 14.6. The highest BCUT2D eigenvalue weighted by atomic mass is 19.1. The third kappa shape index (κ3) is 8.35. The number of carboxylic acid groups (broad SMARTS) is 1. The van der Waals surface area contributed by atoms with Gasteiger partial charge in [-0.15, -0.1) is 0 Å². The molecule has 43 heavy (non-hydrogen) atoms. The zero-order chi connectivity index (χ0) is 31.3. The van der Waals surface area contributed by atoms with Crippen LogP contribution in [0.4, 0.5) is 8.78 Å². The molecule has 3 aromatic rings. The van der Waals surface area contributed by atoms with Crippen molar-refractivity contribution in [2.45, 2.75) is 71.0 Å². The van der Waals surface area contributed by atoms with Gasteiger partial charge in [-0.05, 0) is 58.7 Å². The van der Waals surface area contributed by atoms with E-state index in [2.05, 4.69) is 4.98 Å². The summed E-state index contributed by atoms with van der Waals surface area (Å²) in [6.07, 6.45) is 0.178. The van der Waals surface area contributed by atoms with Gasteiger partial charge in [-0.3, -0.25) is 4.90 Å². The van der Waals surface area contributed by atoms with E-state index in [4.69, 9.17) is 31.9 Å². The van der Waals surface area contributed by atoms with Gasteiger partial charge < -0.3 is 29.0 Å². The van der Waals surface area contributed by atoms with Crippen molar-refractivity contribution >= 4 is 30.2 Å². The Kier molecular flexibility index (Phi) is 10.9. The summed E-state index contributed by atoms with van der Waals surface area (Å²) in [5, 5.41) is 9.67. The number of para-hydroxylation sites is 1. The maximum absolute atomic E-state index is 16.0. The highest BCUT2D eigenvalue weighted by Crippen LogP contribution is 2.42. The van der Waals surface area contributed by atoms with E-state index in [1.165, 1.54) is 19.9 Å². The number of fused-ring (bicyclic) bond motifs is 3. The Hall–Kier alpha value is -2.99. The SMILES string of the molecule is [B]c1cc(OCCOC(C)C(C)OCCOCC(=O)O)cc(F)c1C1c2[nH]c3ccccc3c2C[C@@H](C)N1CC(C)(C)F. The number of alkyl halides is 1. The smallest absolute Gasteiger partial charge is 0.329 e. The minimum absolute atomic E-state index is 0.0516. The summed E-state index contributed by atoms with van der Waals surface area (Å²) in [6, 6.07) is 10.2. The summed E-state index contributed by atoms with van der Waals surface area (Å²) >= 11 is 0. The molecule has 232 valence electrons. The first-order valence-corrected chi connectivity index (χ1v) is 14.6. The summed E-state index contributed by atoms with van der Waals surface area (Å²) in [5.74, 6) is -1.29. The van der Waals surface area contributed by atoms with Gasteiger partial charge in [0.2, 0.25) is 0 Å². The lowest BCUT2D eigenvalue weighted by molar-refractivity contribution is -0.143. The molecule has 0 bridgehead atoms. The molecule has 0 saturated heterocycles. The lowest BCUT2D eigenvalue weighted by Crippen LogP contribution is -2.49. The molecule has 0 amide bonds. The third-order valence-corrected chi connectivity index (χ3v) is 7.71. The van der Waals surface area contributed by atoms with Gasteiger partial charge in [0.15, 0.2) is 0 Å². The average molecular weight is 598 g/mol. The van der Waals surface area contributed by atoms with Crippen molar-refractivity contribution < 1.29 is 37.6 Å². The Balaban J connectivity index is 1.44. The Morgan fingerprint density at radius 2 is 1.81 bits per heavy atom. The molecule has 1 aromatic heterocycles. The molecule has 0 saturated carbocycles. The van der Waals surface area contributed by atoms with E-state index in [1.54, 1.807) is 6.07 Å². The number of H-pyrrole nitrogens is 1. The second-order valence-electron chi connectivity index (χ2n) is 11.8. The van der Waals surface area contributed by atoms with Crippen LogP contribution in [0, 0.1) is 5.82 Å². The zero-order valence-corrected chi connectivity index (χ0v) is 25.5. The Labute approximate surface area is 253 Å². The molecule has 3 unspecified atom stereocenters. The molecule has 2 N–H and O–H groups in total. The molecule has 1 aliphatic heterocycles. The molecule has 2 heterocycles. The number of ether oxygens (including phenoxy) is 4. The predicted octanol–water partition coefficient (Wildman–Crippen LogP) is 4.48. The van der Waals surface area contributed by atoms with Crippen molar-refractivity contribution in [1.82, 2.24) is 9.88 Å². The number of aromatic amines is 1. The van der Waals surface area contributed by atoms with Crippen LogP contribution in [-0.4, -0.2) is 92.3 Å². The summed E-state index contributed by atoms with van der Waals surface area (Å²) in [4.78, 5) is 16.0. The molecule has 1 aliphatic rings.